The first kappa shape index (κ1) is 17.4. The third-order valence-electron chi connectivity index (χ3n) is 3.47. The van der Waals surface area contributed by atoms with Gasteiger partial charge < -0.3 is 9.15 Å². The number of nitro groups is 1. The number of furan rings is 1. The molecule has 7 nitrogen and oxygen atoms in total. The number of non-ortho nitro benzene ring substituents is 1. The van der Waals surface area contributed by atoms with Crippen LogP contribution in [0.5, 0.6) is 0 Å². The first-order valence-corrected chi connectivity index (χ1v) is 7.36. The van der Waals surface area contributed by atoms with Crippen LogP contribution in [0.3, 0.4) is 0 Å². The second-order valence-electron chi connectivity index (χ2n) is 5.32. The lowest BCUT2D eigenvalue weighted by Crippen LogP contribution is -2.05. The van der Waals surface area contributed by atoms with E-state index in [1.54, 1.807) is 25.1 Å². The van der Waals surface area contributed by atoms with Crippen molar-refractivity contribution in [2.45, 2.75) is 33.3 Å². The summed E-state index contributed by atoms with van der Waals surface area (Å²) in [5.74, 6) is 0.608. The molecular weight excluding hydrogens is 314 g/mol. The molecule has 0 bridgehead atoms. The van der Waals surface area contributed by atoms with Crippen molar-refractivity contribution in [3.05, 3.63) is 63.1 Å². The number of ketones is 1. The van der Waals surface area contributed by atoms with Crippen LogP contribution >= 0.6 is 0 Å². The van der Waals surface area contributed by atoms with E-state index in [2.05, 4.69) is 0 Å². The van der Waals surface area contributed by atoms with Gasteiger partial charge in [-0.2, -0.15) is 0 Å². The monoisotopic (exact) mass is 331 g/mol. The highest BCUT2D eigenvalue weighted by Crippen LogP contribution is 2.17. The molecule has 0 saturated carbocycles. The molecule has 0 fully saturated rings. The SMILES string of the molecule is CC(=O)c1cc(CCC(=O)OCc2ccc([N+](=O)[O-])cc2)oc1C. The molecule has 126 valence electrons. The maximum Gasteiger partial charge on any atom is 0.306 e. The fourth-order valence-corrected chi connectivity index (χ4v) is 2.19. The Morgan fingerprint density at radius 3 is 2.46 bits per heavy atom. The smallest absolute Gasteiger partial charge is 0.306 e. The summed E-state index contributed by atoms with van der Waals surface area (Å²) in [5.41, 5.74) is 1.17. The van der Waals surface area contributed by atoms with Gasteiger partial charge in [0.2, 0.25) is 0 Å². The van der Waals surface area contributed by atoms with Crippen molar-refractivity contribution in [3.8, 4) is 0 Å². The molecule has 0 aliphatic carbocycles. The Hall–Kier alpha value is -2.96. The summed E-state index contributed by atoms with van der Waals surface area (Å²) in [6.45, 7) is 3.21. The third kappa shape index (κ3) is 4.52. The van der Waals surface area contributed by atoms with Crippen LogP contribution in [-0.2, 0) is 22.6 Å². The van der Waals surface area contributed by atoms with Gasteiger partial charge >= 0.3 is 5.97 Å². The van der Waals surface area contributed by atoms with Gasteiger partial charge in [-0.05, 0) is 37.6 Å². The zero-order valence-electron chi connectivity index (χ0n) is 13.4. The predicted molar refractivity (Wildman–Crippen MR) is 84.7 cm³/mol. The minimum absolute atomic E-state index is 0.0143. The molecule has 1 aromatic carbocycles. The number of Topliss-reactive ketones (excluding diaryl/α,β-unsaturated/α-hetero) is 1. The number of rotatable bonds is 7. The van der Waals surface area contributed by atoms with Gasteiger partial charge in [0.25, 0.3) is 5.69 Å². The molecule has 0 spiro atoms. The quantitative estimate of drug-likeness (QED) is 0.334. The van der Waals surface area contributed by atoms with E-state index >= 15 is 0 Å². The number of ether oxygens (including phenoxy) is 1. The molecule has 0 N–H and O–H groups in total. The van der Waals surface area contributed by atoms with Gasteiger partial charge in [0.1, 0.15) is 18.1 Å². The number of nitrogens with zero attached hydrogens (tertiary/aromatic N) is 1. The molecule has 1 heterocycles. The van der Waals surface area contributed by atoms with Crippen LogP contribution in [0.1, 0.15) is 40.8 Å². The zero-order valence-corrected chi connectivity index (χ0v) is 13.4. The van der Waals surface area contributed by atoms with Crippen LogP contribution in [-0.4, -0.2) is 16.7 Å². The lowest BCUT2D eigenvalue weighted by Gasteiger charge is -2.04. The van der Waals surface area contributed by atoms with Gasteiger partial charge in [0.15, 0.2) is 5.78 Å². The molecule has 0 unspecified atom stereocenters. The number of benzene rings is 1. The number of aryl methyl sites for hydroxylation is 2. The first-order chi connectivity index (χ1) is 11.4. The lowest BCUT2D eigenvalue weighted by atomic mass is 10.1. The normalized spacial score (nSPS) is 10.4. The number of esters is 1. The Morgan fingerprint density at radius 2 is 1.92 bits per heavy atom. The van der Waals surface area contributed by atoms with Gasteiger partial charge in [0.05, 0.1) is 16.9 Å². The number of hydrogen-bond donors (Lipinski definition) is 0. The van der Waals surface area contributed by atoms with Crippen molar-refractivity contribution < 1.29 is 23.7 Å². The minimum atomic E-state index is -0.490. The summed E-state index contributed by atoms with van der Waals surface area (Å²) < 4.78 is 10.5. The summed E-state index contributed by atoms with van der Waals surface area (Å²) in [6.07, 6.45) is 0.463. The molecule has 0 aliphatic rings. The highest BCUT2D eigenvalue weighted by atomic mass is 16.6. The van der Waals surface area contributed by atoms with E-state index in [1.807, 2.05) is 0 Å². The summed E-state index contributed by atoms with van der Waals surface area (Å²) >= 11 is 0. The molecule has 0 saturated heterocycles. The molecule has 0 atom stereocenters. The molecule has 2 rings (SSSR count). The Kier molecular flexibility index (Phi) is 5.47. The average Bonchev–Trinajstić information content (AvgIpc) is 2.92. The van der Waals surface area contributed by atoms with Crippen LogP contribution in [0.2, 0.25) is 0 Å². The van der Waals surface area contributed by atoms with Crippen molar-refractivity contribution in [1.29, 1.82) is 0 Å². The number of carbonyl (C=O) groups excluding carboxylic acids is 2. The first-order valence-electron chi connectivity index (χ1n) is 7.36. The van der Waals surface area contributed by atoms with E-state index in [1.165, 1.54) is 19.1 Å². The van der Waals surface area contributed by atoms with Crippen molar-refractivity contribution in [1.82, 2.24) is 0 Å². The van der Waals surface area contributed by atoms with E-state index in [-0.39, 0.29) is 24.5 Å². The van der Waals surface area contributed by atoms with Crippen LogP contribution in [0.4, 0.5) is 5.69 Å². The van der Waals surface area contributed by atoms with Crippen molar-refractivity contribution in [2.24, 2.45) is 0 Å². The fourth-order valence-electron chi connectivity index (χ4n) is 2.19. The number of nitro benzene ring substituents is 1. The van der Waals surface area contributed by atoms with Crippen LogP contribution in [0, 0.1) is 17.0 Å². The van der Waals surface area contributed by atoms with Gasteiger partial charge in [-0.3, -0.25) is 19.7 Å². The molecule has 2 aromatic rings. The van der Waals surface area contributed by atoms with E-state index in [4.69, 9.17) is 9.15 Å². The molecular formula is C17H17NO6. The molecule has 0 radical (unpaired) electrons. The summed E-state index contributed by atoms with van der Waals surface area (Å²) in [7, 11) is 0. The predicted octanol–water partition coefficient (Wildman–Crippen LogP) is 3.37. The Morgan fingerprint density at radius 1 is 1.25 bits per heavy atom. The second kappa shape index (κ2) is 7.54. The molecule has 1 aromatic heterocycles. The molecule has 0 aliphatic heterocycles. The van der Waals surface area contributed by atoms with Crippen molar-refractivity contribution in [3.63, 3.8) is 0 Å². The standard InChI is InChI=1S/C17H17NO6/c1-11(19)16-9-15(24-12(16)2)7-8-17(20)23-10-13-3-5-14(6-4-13)18(21)22/h3-6,9H,7-8,10H2,1-2H3. The minimum Gasteiger partial charge on any atom is -0.466 e. The highest BCUT2D eigenvalue weighted by Gasteiger charge is 2.13. The van der Waals surface area contributed by atoms with E-state index < -0.39 is 10.9 Å². The van der Waals surface area contributed by atoms with E-state index in [9.17, 15) is 19.7 Å². The van der Waals surface area contributed by atoms with Gasteiger partial charge in [-0.1, -0.05) is 0 Å². The fraction of sp³-hybridized carbons (Fsp3) is 0.294. The number of carbonyl (C=O) groups is 2. The third-order valence-corrected chi connectivity index (χ3v) is 3.47. The average molecular weight is 331 g/mol. The number of hydrogen-bond acceptors (Lipinski definition) is 6. The Balaban J connectivity index is 1.82. The van der Waals surface area contributed by atoms with Gasteiger partial charge in [-0.25, -0.2) is 0 Å². The van der Waals surface area contributed by atoms with Crippen LogP contribution in [0.25, 0.3) is 0 Å². The summed E-state index contributed by atoms with van der Waals surface area (Å²) in [6, 6.07) is 7.44. The molecule has 7 heteroatoms. The lowest BCUT2D eigenvalue weighted by molar-refractivity contribution is -0.384. The molecule has 24 heavy (non-hydrogen) atoms. The molecule has 0 amide bonds. The van der Waals surface area contributed by atoms with Crippen LogP contribution in [0.15, 0.2) is 34.7 Å². The van der Waals surface area contributed by atoms with Crippen molar-refractivity contribution >= 4 is 17.4 Å². The van der Waals surface area contributed by atoms with Crippen molar-refractivity contribution in [2.75, 3.05) is 0 Å². The maximum absolute atomic E-state index is 11.8. The maximum atomic E-state index is 11.8. The largest absolute Gasteiger partial charge is 0.466 e. The summed E-state index contributed by atoms with van der Waals surface area (Å²) in [5, 5.41) is 10.6. The Labute approximate surface area is 138 Å². The Bertz CT molecular complexity index is 760. The topological polar surface area (TPSA) is 99.7 Å². The van der Waals surface area contributed by atoms with E-state index in [0.29, 0.717) is 29.1 Å². The highest BCUT2D eigenvalue weighted by molar-refractivity contribution is 5.95. The zero-order chi connectivity index (χ0) is 17.7. The summed E-state index contributed by atoms with van der Waals surface area (Å²) in [4.78, 5) is 33.2. The van der Waals surface area contributed by atoms with Crippen LogP contribution < -0.4 is 0 Å². The van der Waals surface area contributed by atoms with Gasteiger partial charge in [0, 0.05) is 18.6 Å². The second-order valence-corrected chi connectivity index (χ2v) is 5.32. The van der Waals surface area contributed by atoms with E-state index in [0.717, 1.165) is 0 Å². The van der Waals surface area contributed by atoms with Gasteiger partial charge in [-0.15, -0.1) is 0 Å².